The van der Waals surface area contributed by atoms with E-state index in [0.29, 0.717) is 6.54 Å². The number of pyridine rings is 1. The fourth-order valence-corrected chi connectivity index (χ4v) is 4.48. The summed E-state index contributed by atoms with van der Waals surface area (Å²) in [5.41, 5.74) is 2.60. The van der Waals surface area contributed by atoms with Crippen molar-refractivity contribution in [2.24, 2.45) is 11.3 Å². The second-order valence-corrected chi connectivity index (χ2v) is 7.88. The van der Waals surface area contributed by atoms with Crippen LogP contribution in [0.2, 0.25) is 0 Å². The topological polar surface area (TPSA) is 71.1 Å². The molecule has 2 aliphatic heterocycles. The van der Waals surface area contributed by atoms with Crippen molar-refractivity contribution < 1.29 is 9.59 Å². The molecule has 0 aliphatic carbocycles. The van der Waals surface area contributed by atoms with Crippen molar-refractivity contribution in [1.29, 1.82) is 0 Å². The van der Waals surface area contributed by atoms with Gasteiger partial charge in [-0.1, -0.05) is 12.1 Å². The van der Waals surface area contributed by atoms with Crippen molar-refractivity contribution in [3.8, 4) is 0 Å². The van der Waals surface area contributed by atoms with E-state index in [1.807, 2.05) is 25.3 Å². The first kappa shape index (κ1) is 17.0. The number of amides is 2. The minimum absolute atomic E-state index is 0.00863. The molecular formula is C21H25N3O2. The minimum Gasteiger partial charge on any atom is -0.356 e. The van der Waals surface area contributed by atoms with Crippen LogP contribution in [0.1, 0.15) is 49.8 Å². The Morgan fingerprint density at radius 1 is 1.23 bits per heavy atom. The first-order valence-corrected chi connectivity index (χ1v) is 9.43. The number of hydrogen-bond acceptors (Lipinski definition) is 3. The Morgan fingerprint density at radius 2 is 2.08 bits per heavy atom. The number of nitrogens with one attached hydrogen (secondary N) is 2. The highest BCUT2D eigenvalue weighted by atomic mass is 16.2. The van der Waals surface area contributed by atoms with Gasteiger partial charge < -0.3 is 10.6 Å². The summed E-state index contributed by atoms with van der Waals surface area (Å²) < 4.78 is 0. The largest absolute Gasteiger partial charge is 0.356 e. The normalized spacial score (nSPS) is 29.3. The molecule has 5 nitrogen and oxygen atoms in total. The van der Waals surface area contributed by atoms with Crippen LogP contribution >= 0.6 is 0 Å². The molecule has 1 aromatic heterocycles. The van der Waals surface area contributed by atoms with Crippen molar-refractivity contribution >= 4 is 22.7 Å². The van der Waals surface area contributed by atoms with Crippen LogP contribution < -0.4 is 10.6 Å². The van der Waals surface area contributed by atoms with Gasteiger partial charge in [0.1, 0.15) is 0 Å². The second-order valence-electron chi connectivity index (χ2n) is 7.88. The standard InChI is InChI=1S/C21H25N3O2/c1-13-5-3-6-18-15(13)11-14(12-23-18)17-8-7-16(19(25)24-17)21(2)9-4-10-22-20(21)26/h3,5-6,11-12,16-17H,4,7-10H2,1-2H3,(H,22,26)(H,24,25)/t16?,17?,21-/m1/s1. The molecular weight excluding hydrogens is 326 g/mol. The Balaban J connectivity index is 1.56. The van der Waals surface area contributed by atoms with Gasteiger partial charge in [0.25, 0.3) is 0 Å². The fraction of sp³-hybridized carbons (Fsp3) is 0.476. The number of aromatic nitrogens is 1. The predicted octanol–water partition coefficient (Wildman–Crippen LogP) is 3.03. The fourth-order valence-electron chi connectivity index (χ4n) is 4.48. The lowest BCUT2D eigenvalue weighted by atomic mass is 9.67. The van der Waals surface area contributed by atoms with E-state index in [0.717, 1.165) is 42.1 Å². The zero-order valence-corrected chi connectivity index (χ0v) is 15.3. The Labute approximate surface area is 153 Å². The van der Waals surface area contributed by atoms with E-state index in [4.69, 9.17) is 0 Å². The number of aryl methyl sites for hydroxylation is 1. The van der Waals surface area contributed by atoms with Crippen molar-refractivity contribution in [3.63, 3.8) is 0 Å². The Morgan fingerprint density at radius 3 is 2.85 bits per heavy atom. The summed E-state index contributed by atoms with van der Waals surface area (Å²) in [6.45, 7) is 4.73. The lowest BCUT2D eigenvalue weighted by molar-refractivity contribution is -0.146. The molecule has 1 aromatic carbocycles. The minimum atomic E-state index is -0.592. The van der Waals surface area contributed by atoms with Crippen LogP contribution in [-0.4, -0.2) is 23.3 Å². The Kier molecular flexibility index (Phi) is 4.17. The van der Waals surface area contributed by atoms with Gasteiger partial charge in [0, 0.05) is 18.1 Å². The van der Waals surface area contributed by atoms with Crippen LogP contribution in [0.15, 0.2) is 30.5 Å². The van der Waals surface area contributed by atoms with Crippen LogP contribution in [0.4, 0.5) is 0 Å². The monoisotopic (exact) mass is 351 g/mol. The van der Waals surface area contributed by atoms with Crippen molar-refractivity contribution in [2.45, 2.75) is 45.6 Å². The lowest BCUT2D eigenvalue weighted by Crippen LogP contribution is -2.54. The second kappa shape index (κ2) is 6.38. The van der Waals surface area contributed by atoms with E-state index in [1.54, 1.807) is 0 Å². The van der Waals surface area contributed by atoms with Crippen LogP contribution in [0.25, 0.3) is 10.9 Å². The van der Waals surface area contributed by atoms with Gasteiger partial charge in [0.05, 0.1) is 22.9 Å². The molecule has 26 heavy (non-hydrogen) atoms. The van der Waals surface area contributed by atoms with E-state index >= 15 is 0 Å². The van der Waals surface area contributed by atoms with Gasteiger partial charge in [0.15, 0.2) is 0 Å². The van der Waals surface area contributed by atoms with Crippen LogP contribution in [0, 0.1) is 18.3 Å². The maximum absolute atomic E-state index is 12.8. The summed E-state index contributed by atoms with van der Waals surface area (Å²) in [6, 6.07) is 8.19. The highest BCUT2D eigenvalue weighted by molar-refractivity contribution is 5.91. The number of nitrogens with zero attached hydrogens (tertiary/aromatic N) is 1. The molecule has 2 fully saturated rings. The van der Waals surface area contributed by atoms with Crippen molar-refractivity contribution in [1.82, 2.24) is 15.6 Å². The quantitative estimate of drug-likeness (QED) is 0.874. The van der Waals surface area contributed by atoms with Gasteiger partial charge in [0.2, 0.25) is 11.8 Å². The third-order valence-electron chi connectivity index (χ3n) is 6.19. The van der Waals surface area contributed by atoms with E-state index in [-0.39, 0.29) is 23.8 Å². The molecule has 0 spiro atoms. The van der Waals surface area contributed by atoms with Gasteiger partial charge >= 0.3 is 0 Å². The summed E-state index contributed by atoms with van der Waals surface area (Å²) >= 11 is 0. The molecule has 0 radical (unpaired) electrons. The number of benzene rings is 1. The average molecular weight is 351 g/mol. The molecule has 0 saturated carbocycles. The van der Waals surface area contributed by atoms with Crippen LogP contribution in [0.3, 0.4) is 0 Å². The molecule has 136 valence electrons. The van der Waals surface area contributed by atoms with E-state index in [9.17, 15) is 9.59 Å². The Bertz CT molecular complexity index is 879. The number of hydrogen-bond donors (Lipinski definition) is 2. The third-order valence-corrected chi connectivity index (χ3v) is 6.19. The van der Waals surface area contributed by atoms with Crippen molar-refractivity contribution in [2.75, 3.05) is 6.54 Å². The molecule has 2 aromatic rings. The zero-order valence-electron chi connectivity index (χ0n) is 15.3. The summed E-state index contributed by atoms with van der Waals surface area (Å²) in [5.74, 6) is -0.245. The molecule has 2 unspecified atom stereocenters. The van der Waals surface area contributed by atoms with E-state index < -0.39 is 5.41 Å². The Hall–Kier alpha value is -2.43. The summed E-state index contributed by atoms with van der Waals surface area (Å²) in [6.07, 6.45) is 5.13. The average Bonchev–Trinajstić information content (AvgIpc) is 2.64. The van der Waals surface area contributed by atoms with Gasteiger partial charge in [-0.15, -0.1) is 0 Å². The first-order chi connectivity index (χ1) is 12.5. The lowest BCUT2D eigenvalue weighted by Gasteiger charge is -2.42. The number of carbonyl (C=O) groups is 2. The van der Waals surface area contributed by atoms with Gasteiger partial charge in [-0.2, -0.15) is 0 Å². The van der Waals surface area contributed by atoms with Crippen LogP contribution in [0.5, 0.6) is 0 Å². The number of carbonyl (C=O) groups excluding carboxylic acids is 2. The zero-order chi connectivity index (χ0) is 18.3. The summed E-state index contributed by atoms with van der Waals surface area (Å²) in [7, 11) is 0. The summed E-state index contributed by atoms with van der Waals surface area (Å²) in [5, 5.41) is 7.21. The van der Waals surface area contributed by atoms with Crippen molar-refractivity contribution in [3.05, 3.63) is 41.6 Å². The van der Waals surface area contributed by atoms with Gasteiger partial charge in [-0.25, -0.2) is 0 Å². The molecule has 3 heterocycles. The highest BCUT2D eigenvalue weighted by Gasteiger charge is 2.48. The SMILES string of the molecule is Cc1cccc2ncc(C3CCC([C@@]4(C)CCCNC4=O)C(=O)N3)cc12. The number of fused-ring (bicyclic) bond motifs is 1. The predicted molar refractivity (Wildman–Crippen MR) is 100 cm³/mol. The molecule has 2 N–H and O–H groups in total. The smallest absolute Gasteiger partial charge is 0.226 e. The maximum Gasteiger partial charge on any atom is 0.226 e. The summed E-state index contributed by atoms with van der Waals surface area (Å²) in [4.78, 5) is 29.8. The van der Waals surface area contributed by atoms with E-state index in [2.05, 4.69) is 34.7 Å². The molecule has 3 atom stereocenters. The molecule has 2 aliphatic rings. The molecule has 0 bridgehead atoms. The molecule has 2 amide bonds. The van der Waals surface area contributed by atoms with Crippen LogP contribution in [-0.2, 0) is 9.59 Å². The molecule has 2 saturated heterocycles. The number of piperidine rings is 2. The highest BCUT2D eigenvalue weighted by Crippen LogP contribution is 2.42. The van der Waals surface area contributed by atoms with E-state index in [1.165, 1.54) is 5.56 Å². The number of rotatable bonds is 2. The first-order valence-electron chi connectivity index (χ1n) is 9.43. The third kappa shape index (κ3) is 2.75. The molecule has 5 heteroatoms. The van der Waals surface area contributed by atoms with Gasteiger partial charge in [-0.05, 0) is 62.8 Å². The molecule has 4 rings (SSSR count). The maximum atomic E-state index is 12.8. The van der Waals surface area contributed by atoms with Gasteiger partial charge in [-0.3, -0.25) is 14.6 Å².